The van der Waals surface area contributed by atoms with Crippen molar-refractivity contribution in [1.82, 2.24) is 9.13 Å². The van der Waals surface area contributed by atoms with Crippen molar-refractivity contribution in [3.05, 3.63) is 33.2 Å². The molecule has 5 heteroatoms. The molecule has 0 saturated carbocycles. The monoisotopic (exact) mass is 254 g/mol. The first-order chi connectivity index (χ1) is 7.97. The zero-order chi connectivity index (χ0) is 12.7. The van der Waals surface area contributed by atoms with Crippen molar-refractivity contribution in [2.45, 2.75) is 19.4 Å². The van der Waals surface area contributed by atoms with Crippen molar-refractivity contribution in [1.29, 1.82) is 0 Å². The summed E-state index contributed by atoms with van der Waals surface area (Å²) in [6, 6.07) is 3.51. The first kappa shape index (κ1) is 12.2. The van der Waals surface area contributed by atoms with Gasteiger partial charge < -0.3 is 5.11 Å². The second-order valence-electron chi connectivity index (χ2n) is 4.19. The summed E-state index contributed by atoms with van der Waals surface area (Å²) in [7, 11) is 3.41. The number of fused-ring (bicyclic) bond motifs is 1. The topological polar surface area (TPSA) is 47.2 Å². The van der Waals surface area contributed by atoms with Gasteiger partial charge in [0.25, 0.3) is 0 Å². The van der Waals surface area contributed by atoms with E-state index in [1.165, 1.54) is 0 Å². The number of halogens is 1. The molecule has 0 aliphatic heterocycles. The number of aliphatic hydroxyl groups is 1. The zero-order valence-corrected chi connectivity index (χ0v) is 10.8. The van der Waals surface area contributed by atoms with Crippen molar-refractivity contribution < 1.29 is 5.11 Å². The largest absolute Gasteiger partial charge is 0.388 e. The number of aromatic nitrogens is 2. The summed E-state index contributed by atoms with van der Waals surface area (Å²) in [5.41, 5.74) is 2.13. The molecule has 1 heterocycles. The molecule has 1 aromatic heterocycles. The van der Waals surface area contributed by atoms with Crippen molar-refractivity contribution in [3.8, 4) is 0 Å². The molecule has 1 aromatic carbocycles. The summed E-state index contributed by atoms with van der Waals surface area (Å²) in [6.45, 7) is 1.88. The van der Waals surface area contributed by atoms with E-state index in [9.17, 15) is 9.90 Å². The first-order valence-electron chi connectivity index (χ1n) is 5.50. The van der Waals surface area contributed by atoms with Gasteiger partial charge in [0.05, 0.1) is 17.1 Å². The van der Waals surface area contributed by atoms with E-state index in [0.717, 1.165) is 11.0 Å². The molecule has 0 bridgehead atoms. The van der Waals surface area contributed by atoms with E-state index < -0.39 is 6.10 Å². The third-order valence-corrected chi connectivity index (χ3v) is 3.46. The Labute approximate surface area is 104 Å². The number of imidazole rings is 1. The maximum Gasteiger partial charge on any atom is 0.328 e. The van der Waals surface area contributed by atoms with Crippen LogP contribution in [0.3, 0.4) is 0 Å². The molecule has 0 aliphatic rings. The van der Waals surface area contributed by atoms with Crippen LogP contribution in [0.4, 0.5) is 0 Å². The van der Waals surface area contributed by atoms with E-state index in [1.807, 2.05) is 6.92 Å². The highest BCUT2D eigenvalue weighted by atomic mass is 35.5. The minimum atomic E-state index is -0.595. The van der Waals surface area contributed by atoms with Crippen LogP contribution in [0, 0.1) is 0 Å². The number of aliphatic hydroxyl groups excluding tert-OH is 1. The Balaban J connectivity index is 2.81. The van der Waals surface area contributed by atoms with Crippen molar-refractivity contribution in [2.75, 3.05) is 0 Å². The van der Waals surface area contributed by atoms with Crippen LogP contribution in [0.5, 0.6) is 0 Å². The average molecular weight is 255 g/mol. The third kappa shape index (κ3) is 1.77. The van der Waals surface area contributed by atoms with Crippen molar-refractivity contribution in [3.63, 3.8) is 0 Å². The lowest BCUT2D eigenvalue weighted by Gasteiger charge is -2.11. The van der Waals surface area contributed by atoms with Crippen molar-refractivity contribution in [2.24, 2.45) is 14.1 Å². The Bertz CT molecular complexity index is 627. The lowest BCUT2D eigenvalue weighted by atomic mass is 10.1. The molecular formula is C12H15ClN2O2. The summed E-state index contributed by atoms with van der Waals surface area (Å²) in [5.74, 6) is 0. The van der Waals surface area contributed by atoms with Crippen LogP contribution in [-0.4, -0.2) is 14.2 Å². The zero-order valence-electron chi connectivity index (χ0n) is 10.1. The summed E-state index contributed by atoms with van der Waals surface area (Å²) in [6.07, 6.45) is -0.00589. The number of rotatable bonds is 2. The minimum Gasteiger partial charge on any atom is -0.388 e. The molecule has 0 aliphatic carbocycles. The molecule has 0 fully saturated rings. The smallest absolute Gasteiger partial charge is 0.328 e. The van der Waals surface area contributed by atoms with Gasteiger partial charge in [-0.1, -0.05) is 18.5 Å². The van der Waals surface area contributed by atoms with Gasteiger partial charge in [0.15, 0.2) is 0 Å². The highest BCUT2D eigenvalue weighted by Crippen LogP contribution is 2.29. The van der Waals surface area contributed by atoms with Gasteiger partial charge in [0.1, 0.15) is 0 Å². The third-order valence-electron chi connectivity index (χ3n) is 3.14. The van der Waals surface area contributed by atoms with Crippen LogP contribution in [0.2, 0.25) is 5.02 Å². The fraction of sp³-hybridized carbons (Fsp3) is 0.417. The average Bonchev–Trinajstić information content (AvgIpc) is 2.53. The molecular weight excluding hydrogens is 240 g/mol. The van der Waals surface area contributed by atoms with Crippen LogP contribution in [0.15, 0.2) is 16.9 Å². The molecule has 2 rings (SSSR count). The summed E-state index contributed by atoms with van der Waals surface area (Å²) in [4.78, 5) is 11.8. The van der Waals surface area contributed by atoms with Crippen LogP contribution in [0.1, 0.15) is 25.0 Å². The Morgan fingerprint density at radius 1 is 1.29 bits per heavy atom. The lowest BCUT2D eigenvalue weighted by Crippen LogP contribution is -2.19. The van der Waals surface area contributed by atoms with Gasteiger partial charge in [-0.15, -0.1) is 0 Å². The molecule has 17 heavy (non-hydrogen) atoms. The molecule has 1 unspecified atom stereocenters. The van der Waals surface area contributed by atoms with Gasteiger partial charge in [0.2, 0.25) is 0 Å². The van der Waals surface area contributed by atoms with Gasteiger partial charge >= 0.3 is 5.69 Å². The van der Waals surface area contributed by atoms with E-state index >= 15 is 0 Å². The maximum absolute atomic E-state index is 11.8. The fourth-order valence-corrected chi connectivity index (χ4v) is 2.29. The number of nitrogens with zero attached hydrogens (tertiary/aromatic N) is 2. The standard InChI is InChI=1S/C12H15ClN2O2/c1-4-11(16)7-5-9-10(6-8(7)13)15(3)12(17)14(9)2/h5-6,11,16H,4H2,1-3H3. The quantitative estimate of drug-likeness (QED) is 0.891. The van der Waals surface area contributed by atoms with Crippen LogP contribution >= 0.6 is 11.6 Å². The van der Waals surface area contributed by atoms with Crippen molar-refractivity contribution >= 4 is 22.6 Å². The fourth-order valence-electron chi connectivity index (χ4n) is 2.01. The molecule has 0 saturated heterocycles. The Hall–Kier alpha value is -1.26. The maximum atomic E-state index is 11.8. The van der Waals surface area contributed by atoms with Crippen LogP contribution in [0.25, 0.3) is 11.0 Å². The SMILES string of the molecule is CCC(O)c1cc2c(cc1Cl)n(C)c(=O)n2C. The van der Waals surface area contributed by atoms with E-state index in [1.54, 1.807) is 35.4 Å². The Kier molecular flexibility index (Phi) is 3.02. The molecule has 0 amide bonds. The van der Waals surface area contributed by atoms with Gasteiger partial charge in [-0.2, -0.15) is 0 Å². The highest BCUT2D eigenvalue weighted by molar-refractivity contribution is 6.32. The van der Waals surface area contributed by atoms with Crippen LogP contribution in [-0.2, 0) is 14.1 Å². The summed E-state index contributed by atoms with van der Waals surface area (Å²) >= 11 is 6.13. The molecule has 1 N–H and O–H groups in total. The predicted molar refractivity (Wildman–Crippen MR) is 68.4 cm³/mol. The molecule has 1 atom stereocenters. The minimum absolute atomic E-state index is 0.0980. The second-order valence-corrected chi connectivity index (χ2v) is 4.59. The Morgan fingerprint density at radius 2 is 1.82 bits per heavy atom. The van der Waals surface area contributed by atoms with Gasteiger partial charge in [0, 0.05) is 24.7 Å². The van der Waals surface area contributed by atoms with Gasteiger partial charge in [-0.05, 0) is 18.6 Å². The molecule has 4 nitrogen and oxygen atoms in total. The summed E-state index contributed by atoms with van der Waals surface area (Å²) < 4.78 is 3.10. The molecule has 0 spiro atoms. The van der Waals surface area contributed by atoms with Crippen LogP contribution < -0.4 is 5.69 Å². The van der Waals surface area contributed by atoms with E-state index in [0.29, 0.717) is 17.0 Å². The first-order valence-corrected chi connectivity index (χ1v) is 5.88. The molecule has 0 radical (unpaired) electrons. The number of hydrogen-bond donors (Lipinski definition) is 1. The number of hydrogen-bond acceptors (Lipinski definition) is 2. The second kappa shape index (κ2) is 4.20. The van der Waals surface area contributed by atoms with E-state index in [-0.39, 0.29) is 5.69 Å². The molecule has 2 aromatic rings. The van der Waals surface area contributed by atoms with E-state index in [2.05, 4.69) is 0 Å². The number of benzene rings is 1. The highest BCUT2D eigenvalue weighted by Gasteiger charge is 2.15. The normalized spacial score (nSPS) is 13.2. The van der Waals surface area contributed by atoms with E-state index in [4.69, 9.17) is 11.6 Å². The van der Waals surface area contributed by atoms with Gasteiger partial charge in [-0.3, -0.25) is 9.13 Å². The number of aryl methyl sites for hydroxylation is 2. The lowest BCUT2D eigenvalue weighted by molar-refractivity contribution is 0.174. The van der Waals surface area contributed by atoms with Gasteiger partial charge in [-0.25, -0.2) is 4.79 Å². The Morgan fingerprint density at radius 3 is 2.35 bits per heavy atom. The predicted octanol–water partition coefficient (Wildman–Crippen LogP) is 1.97. The summed E-state index contributed by atoms with van der Waals surface area (Å²) in [5, 5.41) is 10.4. The molecule has 92 valence electrons.